The fourth-order valence-corrected chi connectivity index (χ4v) is 4.30. The van der Waals surface area contributed by atoms with E-state index in [1.54, 1.807) is 6.20 Å². The summed E-state index contributed by atoms with van der Waals surface area (Å²) >= 11 is 5.55. The molecule has 2 aromatic carbocycles. The number of aromatic nitrogens is 1. The number of carbonyl (C=O) groups excluding carboxylic acids is 1. The van der Waals surface area contributed by atoms with Crippen LogP contribution in [0.1, 0.15) is 47.2 Å². The number of amides is 1. The van der Waals surface area contributed by atoms with Gasteiger partial charge in [-0.05, 0) is 72.7 Å². The minimum Gasteiger partial charge on any atom is -0.392 e. The summed E-state index contributed by atoms with van der Waals surface area (Å²) in [6, 6.07) is 16.7. The molecular weight excluding hydrogens is 420 g/mol. The topological polar surface area (TPSA) is 53.4 Å². The van der Waals surface area contributed by atoms with Gasteiger partial charge >= 0.3 is 0 Å². The van der Waals surface area contributed by atoms with Gasteiger partial charge in [-0.3, -0.25) is 9.78 Å². The molecule has 1 aromatic heterocycles. The van der Waals surface area contributed by atoms with Crippen molar-refractivity contribution in [3.05, 3.63) is 87.7 Å². The lowest BCUT2D eigenvalue weighted by Crippen LogP contribution is -2.17. The Balaban J connectivity index is 0.000000305. The van der Waals surface area contributed by atoms with Crippen LogP contribution in [0.15, 0.2) is 54.7 Å². The van der Waals surface area contributed by atoms with Gasteiger partial charge in [-0.2, -0.15) is 0 Å². The fraction of sp³-hybridized carbons (Fsp3) is 0.333. The summed E-state index contributed by atoms with van der Waals surface area (Å²) in [4.78, 5) is 16.7. The van der Waals surface area contributed by atoms with Crippen molar-refractivity contribution in [1.29, 1.82) is 0 Å². The summed E-state index contributed by atoms with van der Waals surface area (Å²) in [6.45, 7) is 7.81. The van der Waals surface area contributed by atoms with Crippen LogP contribution in [0.2, 0.25) is 5.02 Å². The third-order valence-corrected chi connectivity index (χ3v) is 6.17. The molecular formula is C27H31ClN2O2. The zero-order valence-corrected chi connectivity index (χ0v) is 19.8. The predicted molar refractivity (Wildman–Crippen MR) is 131 cm³/mol. The number of aliphatic hydroxyl groups is 1. The SMILES string of the molecule is CCc1cc(C)ccc1-c1ccc(C2CCN(C=O)C2)c(CO)c1.Cc1ccc(Cl)cn1. The molecule has 168 valence electrons. The van der Waals surface area contributed by atoms with Crippen molar-refractivity contribution >= 4 is 18.0 Å². The monoisotopic (exact) mass is 450 g/mol. The number of hydrogen-bond acceptors (Lipinski definition) is 3. The molecule has 1 aliphatic rings. The smallest absolute Gasteiger partial charge is 0.209 e. The van der Waals surface area contributed by atoms with Gasteiger partial charge in [0.2, 0.25) is 6.41 Å². The van der Waals surface area contributed by atoms with E-state index in [0.717, 1.165) is 49.2 Å². The second-order valence-corrected chi connectivity index (χ2v) is 8.73. The second-order valence-electron chi connectivity index (χ2n) is 8.29. The van der Waals surface area contributed by atoms with Crippen molar-refractivity contribution in [1.82, 2.24) is 9.88 Å². The van der Waals surface area contributed by atoms with E-state index in [0.29, 0.717) is 10.9 Å². The Morgan fingerprint density at radius 3 is 2.53 bits per heavy atom. The van der Waals surface area contributed by atoms with Crippen LogP contribution in [-0.2, 0) is 17.8 Å². The molecule has 1 amide bonds. The molecule has 0 aliphatic carbocycles. The van der Waals surface area contributed by atoms with E-state index >= 15 is 0 Å². The van der Waals surface area contributed by atoms with Crippen molar-refractivity contribution < 1.29 is 9.90 Å². The van der Waals surface area contributed by atoms with E-state index in [4.69, 9.17) is 11.6 Å². The number of likely N-dealkylation sites (tertiary alicyclic amines) is 1. The first kappa shape index (κ1) is 24.0. The molecule has 1 fully saturated rings. The number of aryl methyl sites for hydroxylation is 3. The quantitative estimate of drug-likeness (QED) is 0.507. The van der Waals surface area contributed by atoms with Crippen LogP contribution in [0.4, 0.5) is 0 Å². The van der Waals surface area contributed by atoms with E-state index < -0.39 is 0 Å². The molecule has 2 heterocycles. The first-order chi connectivity index (χ1) is 15.4. The van der Waals surface area contributed by atoms with Crippen molar-refractivity contribution in [3.8, 4) is 11.1 Å². The van der Waals surface area contributed by atoms with Gasteiger partial charge in [0.25, 0.3) is 0 Å². The molecule has 1 aliphatic heterocycles. The molecule has 4 rings (SSSR count). The van der Waals surface area contributed by atoms with Crippen molar-refractivity contribution in [2.24, 2.45) is 0 Å². The number of rotatable bonds is 5. The van der Waals surface area contributed by atoms with Crippen molar-refractivity contribution in [3.63, 3.8) is 0 Å². The number of aliphatic hydroxyl groups excluding tert-OH is 1. The fourth-order valence-electron chi connectivity index (χ4n) is 4.19. The largest absolute Gasteiger partial charge is 0.392 e. The minimum absolute atomic E-state index is 0.0358. The number of pyridine rings is 1. The van der Waals surface area contributed by atoms with E-state index in [2.05, 4.69) is 55.2 Å². The molecule has 0 saturated carbocycles. The highest BCUT2D eigenvalue weighted by atomic mass is 35.5. The Hall–Kier alpha value is -2.69. The van der Waals surface area contributed by atoms with Gasteiger partial charge < -0.3 is 10.0 Å². The summed E-state index contributed by atoms with van der Waals surface area (Å²) < 4.78 is 0. The zero-order chi connectivity index (χ0) is 23.1. The Kier molecular flexibility index (Phi) is 8.43. The Bertz CT molecular complexity index is 1030. The lowest BCUT2D eigenvalue weighted by atomic mass is 9.89. The van der Waals surface area contributed by atoms with E-state index in [1.807, 2.05) is 24.0 Å². The lowest BCUT2D eigenvalue weighted by Gasteiger charge is -2.17. The molecule has 0 spiro atoms. The van der Waals surface area contributed by atoms with Crippen LogP contribution in [0.25, 0.3) is 11.1 Å². The number of halogens is 1. The Morgan fingerprint density at radius 2 is 1.94 bits per heavy atom. The van der Waals surface area contributed by atoms with Gasteiger partial charge in [0.1, 0.15) is 0 Å². The second kappa shape index (κ2) is 11.3. The molecule has 0 radical (unpaired) electrons. The van der Waals surface area contributed by atoms with Gasteiger partial charge in [-0.1, -0.05) is 54.4 Å². The van der Waals surface area contributed by atoms with Gasteiger partial charge in [0.05, 0.1) is 11.6 Å². The summed E-state index contributed by atoms with van der Waals surface area (Å²) in [5.74, 6) is 0.329. The average Bonchev–Trinajstić information content (AvgIpc) is 3.30. The van der Waals surface area contributed by atoms with E-state index in [9.17, 15) is 9.90 Å². The minimum atomic E-state index is 0.0358. The maximum atomic E-state index is 11.0. The first-order valence-corrected chi connectivity index (χ1v) is 11.4. The Morgan fingerprint density at radius 1 is 1.12 bits per heavy atom. The number of carbonyl (C=O) groups is 1. The highest BCUT2D eigenvalue weighted by Crippen LogP contribution is 2.33. The normalized spacial score (nSPS) is 15.3. The number of hydrogen-bond donors (Lipinski definition) is 1. The molecule has 0 bridgehead atoms. The van der Waals surface area contributed by atoms with E-state index in [-0.39, 0.29) is 6.61 Å². The summed E-state index contributed by atoms with van der Waals surface area (Å²) in [7, 11) is 0. The number of benzene rings is 2. The van der Waals surface area contributed by atoms with Crippen LogP contribution >= 0.6 is 11.6 Å². The zero-order valence-electron chi connectivity index (χ0n) is 19.0. The third-order valence-electron chi connectivity index (χ3n) is 5.95. The molecule has 1 saturated heterocycles. The van der Waals surface area contributed by atoms with Gasteiger partial charge in [-0.15, -0.1) is 0 Å². The van der Waals surface area contributed by atoms with Crippen LogP contribution in [0.3, 0.4) is 0 Å². The average molecular weight is 451 g/mol. The maximum absolute atomic E-state index is 11.0. The molecule has 1 N–H and O–H groups in total. The molecule has 1 unspecified atom stereocenters. The summed E-state index contributed by atoms with van der Waals surface area (Å²) in [6.07, 6.45) is 4.52. The predicted octanol–water partition coefficient (Wildman–Crippen LogP) is 5.71. The Labute approximate surface area is 195 Å². The molecule has 5 heteroatoms. The van der Waals surface area contributed by atoms with Gasteiger partial charge in [0, 0.05) is 30.9 Å². The number of nitrogens with zero attached hydrogens (tertiary/aromatic N) is 2. The van der Waals surface area contributed by atoms with Gasteiger partial charge in [0.15, 0.2) is 0 Å². The summed E-state index contributed by atoms with van der Waals surface area (Å²) in [5.41, 5.74) is 8.15. The third kappa shape index (κ3) is 5.96. The van der Waals surface area contributed by atoms with Crippen molar-refractivity contribution in [2.45, 2.75) is 46.1 Å². The van der Waals surface area contributed by atoms with Crippen molar-refractivity contribution in [2.75, 3.05) is 13.1 Å². The van der Waals surface area contributed by atoms with Crippen LogP contribution in [0.5, 0.6) is 0 Å². The molecule has 3 aromatic rings. The first-order valence-electron chi connectivity index (χ1n) is 11.1. The highest BCUT2D eigenvalue weighted by Gasteiger charge is 2.24. The standard InChI is InChI=1S/C21H25NO2.C6H6ClN/c1-3-16-10-15(2)4-6-20(16)17-5-7-21(19(11-17)13-23)18-8-9-22(12-18)14-24;1-5-2-3-6(7)4-8-5/h4-7,10-11,14,18,23H,3,8-9,12-13H2,1-2H3;2-4H,1H3. The van der Waals surface area contributed by atoms with Crippen LogP contribution < -0.4 is 0 Å². The molecule has 32 heavy (non-hydrogen) atoms. The lowest BCUT2D eigenvalue weighted by molar-refractivity contribution is -0.117. The van der Waals surface area contributed by atoms with Gasteiger partial charge in [-0.25, -0.2) is 0 Å². The van der Waals surface area contributed by atoms with E-state index in [1.165, 1.54) is 22.3 Å². The van der Waals surface area contributed by atoms with Crippen LogP contribution in [0, 0.1) is 13.8 Å². The molecule has 1 atom stereocenters. The maximum Gasteiger partial charge on any atom is 0.209 e. The van der Waals surface area contributed by atoms with Crippen LogP contribution in [-0.4, -0.2) is 34.5 Å². The highest BCUT2D eigenvalue weighted by molar-refractivity contribution is 6.30. The summed E-state index contributed by atoms with van der Waals surface area (Å²) in [5, 5.41) is 10.6. The molecule has 4 nitrogen and oxygen atoms in total.